The van der Waals surface area contributed by atoms with Crippen LogP contribution >= 0.6 is 0 Å². The summed E-state index contributed by atoms with van der Waals surface area (Å²) in [4.78, 5) is 11.6. The van der Waals surface area contributed by atoms with Crippen molar-refractivity contribution >= 4 is 5.97 Å². The summed E-state index contributed by atoms with van der Waals surface area (Å²) >= 11 is 0. The Balaban J connectivity index is 1.80. The summed E-state index contributed by atoms with van der Waals surface area (Å²) in [5.41, 5.74) is 0.295. The normalized spacial score (nSPS) is 19.1. The maximum Gasteiger partial charge on any atom is 0.309 e. The van der Waals surface area contributed by atoms with Gasteiger partial charge < -0.3 is 14.9 Å². The first-order chi connectivity index (χ1) is 10.1. The van der Waals surface area contributed by atoms with Crippen LogP contribution < -0.4 is 0 Å². The van der Waals surface area contributed by atoms with E-state index in [9.17, 15) is 15.0 Å². The van der Waals surface area contributed by atoms with E-state index in [0.717, 1.165) is 24.8 Å². The highest BCUT2D eigenvalue weighted by Gasteiger charge is 2.41. The Morgan fingerprint density at radius 1 is 1.19 bits per heavy atom. The minimum atomic E-state index is -0.774. The maximum atomic E-state index is 11.6. The van der Waals surface area contributed by atoms with Crippen molar-refractivity contribution in [3.05, 3.63) is 35.9 Å². The summed E-state index contributed by atoms with van der Waals surface area (Å²) in [7, 11) is 0. The molecule has 1 atom stereocenters. The predicted octanol–water partition coefficient (Wildman–Crippen LogP) is 2.99. The maximum absolute atomic E-state index is 11.6. The highest BCUT2D eigenvalue weighted by Crippen LogP contribution is 2.40. The molecule has 1 aromatic carbocycles. The Kier molecular flexibility index (Phi) is 5.76. The third-order valence-corrected chi connectivity index (χ3v) is 4.31. The molecule has 2 rings (SSSR count). The summed E-state index contributed by atoms with van der Waals surface area (Å²) in [6.45, 7) is 0.627. The van der Waals surface area contributed by atoms with E-state index in [1.165, 1.54) is 0 Å². The molecule has 116 valence electrons. The van der Waals surface area contributed by atoms with Crippen LogP contribution in [0.1, 0.15) is 44.1 Å². The highest BCUT2D eigenvalue weighted by atomic mass is 16.5. The lowest BCUT2D eigenvalue weighted by molar-refractivity contribution is -0.154. The Morgan fingerprint density at radius 3 is 2.48 bits per heavy atom. The molecule has 0 aromatic heterocycles. The Labute approximate surface area is 125 Å². The van der Waals surface area contributed by atoms with Gasteiger partial charge in [-0.2, -0.15) is 0 Å². The van der Waals surface area contributed by atoms with Crippen LogP contribution in [0.2, 0.25) is 0 Å². The lowest BCUT2D eigenvalue weighted by atomic mass is 9.71. The molecule has 1 saturated carbocycles. The highest BCUT2D eigenvalue weighted by molar-refractivity contribution is 5.74. The number of hydrogen-bond acceptors (Lipinski definition) is 3. The fraction of sp³-hybridized carbons (Fsp3) is 0.588. The van der Waals surface area contributed by atoms with E-state index < -0.39 is 17.5 Å². The predicted molar refractivity (Wildman–Crippen MR) is 79.9 cm³/mol. The molecule has 4 heteroatoms. The van der Waals surface area contributed by atoms with Gasteiger partial charge in [0.1, 0.15) is 0 Å². The van der Waals surface area contributed by atoms with Crippen LogP contribution in [0.5, 0.6) is 0 Å². The summed E-state index contributed by atoms with van der Waals surface area (Å²) in [6, 6.07) is 9.75. The quantitative estimate of drug-likeness (QED) is 0.810. The van der Waals surface area contributed by atoms with Crippen LogP contribution in [-0.2, 0) is 16.1 Å². The van der Waals surface area contributed by atoms with E-state index in [4.69, 9.17) is 4.74 Å². The number of hydrogen-bond donors (Lipinski definition) is 2. The molecule has 1 aliphatic rings. The molecule has 0 heterocycles. The molecule has 0 aliphatic heterocycles. The van der Waals surface area contributed by atoms with Gasteiger partial charge >= 0.3 is 5.97 Å². The van der Waals surface area contributed by atoms with E-state index in [2.05, 4.69) is 0 Å². The van der Waals surface area contributed by atoms with Crippen molar-refractivity contribution in [2.24, 2.45) is 5.41 Å². The SMILES string of the molecule is O=C(O)C1(CC(O)COCc2ccccc2)CCCCC1. The third-order valence-electron chi connectivity index (χ3n) is 4.31. The number of carboxylic acids is 1. The lowest BCUT2D eigenvalue weighted by Gasteiger charge is -2.34. The molecule has 21 heavy (non-hydrogen) atoms. The van der Waals surface area contributed by atoms with Crippen LogP contribution in [0.3, 0.4) is 0 Å². The standard InChI is InChI=1S/C17H24O4/c18-15(13-21-12-14-7-3-1-4-8-14)11-17(16(19)20)9-5-2-6-10-17/h1,3-4,7-8,15,18H,2,5-6,9-13H2,(H,19,20). The van der Waals surface area contributed by atoms with Gasteiger partial charge in [-0.25, -0.2) is 0 Å². The van der Waals surface area contributed by atoms with Crippen molar-refractivity contribution < 1.29 is 19.7 Å². The minimum absolute atomic E-state index is 0.184. The summed E-state index contributed by atoms with van der Waals surface area (Å²) in [5.74, 6) is -0.774. The smallest absolute Gasteiger partial charge is 0.309 e. The minimum Gasteiger partial charge on any atom is -0.481 e. The van der Waals surface area contributed by atoms with Crippen molar-refractivity contribution in [3.63, 3.8) is 0 Å². The third kappa shape index (κ3) is 4.55. The van der Waals surface area contributed by atoms with Crippen LogP contribution in [-0.4, -0.2) is 28.9 Å². The molecule has 0 amide bonds. The van der Waals surface area contributed by atoms with E-state index in [1.54, 1.807) is 0 Å². The number of carboxylic acid groups (broad SMARTS) is 1. The van der Waals surface area contributed by atoms with E-state index >= 15 is 0 Å². The van der Waals surface area contributed by atoms with Crippen molar-refractivity contribution in [2.75, 3.05) is 6.61 Å². The van der Waals surface area contributed by atoms with Gasteiger partial charge in [-0.1, -0.05) is 49.6 Å². The second kappa shape index (κ2) is 7.57. The fourth-order valence-corrected chi connectivity index (χ4v) is 3.13. The Bertz CT molecular complexity index is 437. The summed E-state index contributed by atoms with van der Waals surface area (Å²) in [5, 5.41) is 19.6. The molecule has 0 spiro atoms. The zero-order chi connectivity index (χ0) is 15.1. The lowest BCUT2D eigenvalue weighted by Crippen LogP contribution is -2.38. The van der Waals surface area contributed by atoms with Gasteiger partial charge in [0.2, 0.25) is 0 Å². The first kappa shape index (κ1) is 16.0. The van der Waals surface area contributed by atoms with Gasteiger partial charge in [0.15, 0.2) is 0 Å². The molecule has 1 unspecified atom stereocenters. The van der Waals surface area contributed by atoms with Crippen molar-refractivity contribution in [2.45, 2.75) is 51.2 Å². The average Bonchev–Trinajstić information content (AvgIpc) is 2.49. The summed E-state index contributed by atoms with van der Waals surface area (Å²) < 4.78 is 5.50. The number of carbonyl (C=O) groups is 1. The molecule has 1 aliphatic carbocycles. The number of aliphatic hydroxyl groups excluding tert-OH is 1. The second-order valence-corrected chi connectivity index (χ2v) is 6.00. The molecule has 0 bridgehead atoms. The molecule has 0 saturated heterocycles. The molecule has 1 aromatic rings. The van der Waals surface area contributed by atoms with Crippen molar-refractivity contribution in [1.82, 2.24) is 0 Å². The molecule has 0 radical (unpaired) electrons. The van der Waals surface area contributed by atoms with Crippen LogP contribution in [0, 0.1) is 5.41 Å². The topological polar surface area (TPSA) is 66.8 Å². The van der Waals surface area contributed by atoms with Crippen molar-refractivity contribution in [1.29, 1.82) is 0 Å². The zero-order valence-electron chi connectivity index (χ0n) is 12.3. The van der Waals surface area contributed by atoms with E-state index in [1.807, 2.05) is 30.3 Å². The van der Waals surface area contributed by atoms with Crippen LogP contribution in [0.4, 0.5) is 0 Å². The second-order valence-electron chi connectivity index (χ2n) is 6.00. The number of aliphatic hydroxyl groups is 1. The van der Waals surface area contributed by atoms with E-state index in [-0.39, 0.29) is 13.0 Å². The Hall–Kier alpha value is -1.39. The number of rotatable bonds is 7. The number of benzene rings is 1. The van der Waals surface area contributed by atoms with Gasteiger partial charge in [-0.05, 0) is 24.8 Å². The zero-order valence-corrected chi connectivity index (χ0v) is 12.3. The monoisotopic (exact) mass is 292 g/mol. The Morgan fingerprint density at radius 2 is 1.86 bits per heavy atom. The number of aliphatic carboxylic acids is 1. The van der Waals surface area contributed by atoms with Gasteiger partial charge in [-0.3, -0.25) is 4.79 Å². The van der Waals surface area contributed by atoms with Gasteiger partial charge in [0.05, 0.1) is 24.7 Å². The van der Waals surface area contributed by atoms with Gasteiger partial charge in [0, 0.05) is 0 Å². The first-order valence-corrected chi connectivity index (χ1v) is 7.65. The van der Waals surface area contributed by atoms with Crippen molar-refractivity contribution in [3.8, 4) is 0 Å². The average molecular weight is 292 g/mol. The largest absolute Gasteiger partial charge is 0.481 e. The molecule has 2 N–H and O–H groups in total. The fourth-order valence-electron chi connectivity index (χ4n) is 3.13. The molecular weight excluding hydrogens is 268 g/mol. The van der Waals surface area contributed by atoms with Gasteiger partial charge in [0.25, 0.3) is 0 Å². The van der Waals surface area contributed by atoms with Crippen LogP contribution in [0.25, 0.3) is 0 Å². The molecule has 1 fully saturated rings. The van der Waals surface area contributed by atoms with E-state index in [0.29, 0.717) is 19.4 Å². The number of ether oxygens (including phenoxy) is 1. The first-order valence-electron chi connectivity index (χ1n) is 7.65. The van der Waals surface area contributed by atoms with Crippen LogP contribution in [0.15, 0.2) is 30.3 Å². The van der Waals surface area contributed by atoms with Gasteiger partial charge in [-0.15, -0.1) is 0 Å². The molecule has 4 nitrogen and oxygen atoms in total. The summed E-state index contributed by atoms with van der Waals surface area (Å²) in [6.07, 6.45) is 3.86. The molecular formula is C17H24O4.